The molecule has 0 amide bonds. The lowest BCUT2D eigenvalue weighted by Gasteiger charge is -2.31. The molecule has 2 aromatic heterocycles. The van der Waals surface area contributed by atoms with Crippen LogP contribution in [-0.4, -0.2) is 130 Å². The van der Waals surface area contributed by atoms with Gasteiger partial charge < -0.3 is 37.9 Å². The van der Waals surface area contributed by atoms with E-state index in [1.54, 1.807) is 49.8 Å². The maximum atomic E-state index is 13.9. The zero-order chi connectivity index (χ0) is 65.3. The molecule has 2 aromatic rings. The molecular weight excluding hydrogens is 1340 g/mol. The van der Waals surface area contributed by atoms with Gasteiger partial charge in [0.1, 0.15) is 57.9 Å². The van der Waals surface area contributed by atoms with Crippen LogP contribution in [0.5, 0.6) is 23.0 Å². The van der Waals surface area contributed by atoms with Gasteiger partial charge in [-0.15, -0.1) is 27.8 Å². The molecule has 0 radical (unpaired) electrons. The predicted molar refractivity (Wildman–Crippen MR) is 287 cm³/mol. The van der Waals surface area contributed by atoms with E-state index in [9.17, 15) is 79.0 Å². The molecule has 4 rings (SSSR count). The van der Waals surface area contributed by atoms with E-state index in [0.717, 1.165) is 41.0 Å². The van der Waals surface area contributed by atoms with E-state index in [2.05, 4.69) is 28.2 Å². The van der Waals surface area contributed by atoms with Gasteiger partial charge in [-0.05, 0) is 26.7 Å². The van der Waals surface area contributed by atoms with Gasteiger partial charge in [0, 0.05) is 67.8 Å². The molecule has 0 spiro atoms. The van der Waals surface area contributed by atoms with Gasteiger partial charge >= 0.3 is 18.0 Å². The number of nitriles is 1. The van der Waals surface area contributed by atoms with Crippen LogP contribution in [0.15, 0.2) is 57.4 Å². The van der Waals surface area contributed by atoms with Crippen molar-refractivity contribution in [3.8, 4) is 29.1 Å². The average molecular weight is 1410 g/mol. The molecule has 12 nitrogen and oxygen atoms in total. The molecular formula is C52H67F18IN4O8S2. The molecule has 488 valence electrons. The molecule has 0 N–H and O–H groups in total. The Balaban J connectivity index is 0.000000668. The second-order valence-electron chi connectivity index (χ2n) is 20.8. The quantitative estimate of drug-likeness (QED) is 0.0143. The summed E-state index contributed by atoms with van der Waals surface area (Å²) in [5, 5.41) is 23.3. The molecule has 0 aliphatic carbocycles. The number of nitrogens with zero attached hydrogens (tertiary/aromatic N) is 4. The molecule has 0 unspecified atom stereocenters. The second kappa shape index (κ2) is 33.8. The molecule has 0 atom stereocenters. The molecule has 0 aromatic carbocycles. The monoisotopic (exact) mass is 1410 g/mol. The Morgan fingerprint density at radius 2 is 0.918 bits per heavy atom. The van der Waals surface area contributed by atoms with E-state index in [0.29, 0.717) is 37.9 Å². The summed E-state index contributed by atoms with van der Waals surface area (Å²) < 4.78 is 273. The summed E-state index contributed by atoms with van der Waals surface area (Å²) in [7, 11) is 0. The van der Waals surface area contributed by atoms with Crippen LogP contribution in [0.1, 0.15) is 98.8 Å². The summed E-state index contributed by atoms with van der Waals surface area (Å²) >= 11 is 4.01. The van der Waals surface area contributed by atoms with Crippen LogP contribution in [-0.2, 0) is 18.9 Å². The fraction of sp³-hybridized carbons (Fsp3) is 0.731. The molecule has 0 saturated carbocycles. The minimum Gasteiger partial charge on any atom is -0.501 e. The van der Waals surface area contributed by atoms with E-state index < -0.39 is 127 Å². The van der Waals surface area contributed by atoms with Crippen molar-refractivity contribution >= 4 is 45.3 Å². The first-order valence-corrected chi connectivity index (χ1v) is 28.7. The van der Waals surface area contributed by atoms with Crippen LogP contribution >= 0.6 is 45.3 Å². The van der Waals surface area contributed by atoms with Gasteiger partial charge in [-0.1, -0.05) is 42.7 Å². The van der Waals surface area contributed by atoms with Crippen LogP contribution in [0.3, 0.4) is 0 Å². The maximum Gasteiger partial charge on any atom is 0.394 e. The zero-order valence-electron chi connectivity index (χ0n) is 46.8. The summed E-state index contributed by atoms with van der Waals surface area (Å²) in [4.78, 5) is 3.24. The van der Waals surface area contributed by atoms with Gasteiger partial charge in [0.05, 0.1) is 60.9 Å². The number of rotatable bonds is 30. The zero-order valence-corrected chi connectivity index (χ0v) is 50.6. The van der Waals surface area contributed by atoms with Crippen LogP contribution in [0.2, 0.25) is 0 Å². The van der Waals surface area contributed by atoms with Crippen molar-refractivity contribution in [3.05, 3.63) is 58.6 Å². The maximum absolute atomic E-state index is 13.9. The van der Waals surface area contributed by atoms with Crippen molar-refractivity contribution in [1.82, 2.24) is 0 Å². The Labute approximate surface area is 502 Å². The highest BCUT2D eigenvalue weighted by Gasteiger charge is 2.51. The van der Waals surface area contributed by atoms with E-state index in [1.165, 1.54) is 23.9 Å². The molecule has 4 heterocycles. The van der Waals surface area contributed by atoms with Crippen molar-refractivity contribution in [2.75, 3.05) is 70.5 Å². The van der Waals surface area contributed by atoms with Crippen molar-refractivity contribution in [3.63, 3.8) is 0 Å². The fourth-order valence-electron chi connectivity index (χ4n) is 6.79. The van der Waals surface area contributed by atoms with E-state index in [1.807, 2.05) is 16.8 Å². The minimum absolute atomic E-state index is 0.0462. The number of halogens is 19. The van der Waals surface area contributed by atoms with Gasteiger partial charge in [-0.25, -0.2) is 59.3 Å². The van der Waals surface area contributed by atoms with Crippen LogP contribution in [0, 0.1) is 28.7 Å². The van der Waals surface area contributed by atoms with Crippen LogP contribution in [0.25, 0.3) is 4.85 Å². The molecule has 0 fully saturated rings. The first-order chi connectivity index (χ1) is 38.9. The first-order valence-electron chi connectivity index (χ1n) is 25.3. The van der Waals surface area contributed by atoms with Crippen LogP contribution in [0.4, 0.5) is 79.0 Å². The van der Waals surface area contributed by atoms with Gasteiger partial charge in [0.25, 0.3) is 35.5 Å². The van der Waals surface area contributed by atoms with Crippen molar-refractivity contribution in [2.45, 2.75) is 158 Å². The molecule has 85 heavy (non-hydrogen) atoms. The molecule has 0 saturated heterocycles. The number of thiophene rings is 2. The van der Waals surface area contributed by atoms with Crippen molar-refractivity contribution in [1.29, 1.82) is 5.26 Å². The van der Waals surface area contributed by atoms with E-state index >= 15 is 0 Å². The molecule has 2 aliphatic heterocycles. The highest BCUT2D eigenvalue weighted by Crippen LogP contribution is 2.43. The Morgan fingerprint density at radius 1 is 0.576 bits per heavy atom. The number of fused-ring (bicyclic) bond motifs is 2. The average Bonchev–Trinajstić information content (AvgIpc) is 4.07. The standard InChI is InChI=1S/C25H33F11O4S.C13H16O4S.C8H12N4.C6H6F7I/c1-2-21(26,27)11-22(28,29)5-3-7-37-14-20(16-39-18-9-41-10-19(18)40-17-20)15-38-8-4-6-23(30,31)12-24(32,33)13-25(34,35)36;1-3-14-7-13(8-15-4-2)9-16-11-5-18-6-12(11)17-10-13;1-7(2,6-9)11-12-8(3,4)10-5;7-4(8,2-6(11,12)13)1-5(9,10)3-14/h9-10H,2-8,11-17H2,1H3;3-6H,1-2,7-10H2;1-4H3;1-3H2. The number of azo groups is 1. The molecule has 0 bridgehead atoms. The summed E-state index contributed by atoms with van der Waals surface area (Å²) in [6.07, 6.45) is -22.0. The Kier molecular flexibility index (Phi) is 31.3. The number of ether oxygens (including phenoxy) is 8. The lowest BCUT2D eigenvalue weighted by Crippen LogP contribution is -2.42. The highest BCUT2D eigenvalue weighted by molar-refractivity contribution is 14.1. The van der Waals surface area contributed by atoms with Gasteiger partial charge in [-0.3, -0.25) is 4.85 Å². The van der Waals surface area contributed by atoms with Crippen LogP contribution < -0.4 is 18.9 Å². The largest absolute Gasteiger partial charge is 0.501 e. The SMILES string of the molecule is C=COCC1(COC=C)COc2cscc2OC1.CCC(F)(F)CC(F)(F)CCCOCC1(COCCCC(F)(F)CC(F)(F)CC(F)(F)F)COc2cscc2OC1.FC(F)(F)CC(F)(F)CC(F)(F)CI.[C-]#[N+]C(C)(C)N=NC(C)(C)C#N. The number of alkyl halides is 19. The van der Waals surface area contributed by atoms with E-state index in [4.69, 9.17) is 49.7 Å². The Hall–Kier alpha value is -4.35. The third-order valence-electron chi connectivity index (χ3n) is 11.1. The highest BCUT2D eigenvalue weighted by atomic mass is 127. The third-order valence-corrected chi connectivity index (χ3v) is 13.6. The predicted octanol–water partition coefficient (Wildman–Crippen LogP) is 18.0. The lowest BCUT2D eigenvalue weighted by atomic mass is 9.92. The van der Waals surface area contributed by atoms with Crippen molar-refractivity contribution in [2.24, 2.45) is 21.1 Å². The minimum atomic E-state index is -5.30. The molecule has 33 heteroatoms. The van der Waals surface area contributed by atoms with Crippen molar-refractivity contribution < 1.29 is 117 Å². The van der Waals surface area contributed by atoms with Gasteiger partial charge in [0.2, 0.25) is 0 Å². The van der Waals surface area contributed by atoms with Gasteiger partial charge in [-0.2, -0.15) is 36.7 Å². The summed E-state index contributed by atoms with van der Waals surface area (Å²) in [5.74, 6) is -21.6. The Bertz CT molecular complexity index is 2320. The Morgan fingerprint density at radius 3 is 1.22 bits per heavy atom. The first kappa shape index (κ1) is 78.7. The normalized spacial score (nSPS) is 15.6. The lowest BCUT2D eigenvalue weighted by molar-refractivity contribution is -0.207. The summed E-state index contributed by atoms with van der Waals surface area (Å²) in [6.45, 7) is 22.3. The summed E-state index contributed by atoms with van der Waals surface area (Å²) in [5.41, 5.74) is -3.09. The summed E-state index contributed by atoms with van der Waals surface area (Å²) in [6, 6.07) is 1.97. The topological polar surface area (TPSA) is 127 Å². The van der Waals surface area contributed by atoms with Gasteiger partial charge in [0.15, 0.2) is 28.5 Å². The second-order valence-corrected chi connectivity index (χ2v) is 23.1. The smallest absolute Gasteiger partial charge is 0.394 e. The third kappa shape index (κ3) is 34.1. The number of hydrogen-bond donors (Lipinski definition) is 0. The fourth-order valence-corrected chi connectivity index (χ4v) is 8.43. The number of hydrogen-bond acceptors (Lipinski definition) is 13. The molecule has 2 aliphatic rings. The van der Waals surface area contributed by atoms with E-state index in [-0.39, 0.29) is 51.5 Å².